The van der Waals surface area contributed by atoms with Crippen molar-refractivity contribution in [1.29, 1.82) is 0 Å². The first kappa shape index (κ1) is 22.7. The van der Waals surface area contributed by atoms with E-state index in [4.69, 9.17) is 21.1 Å². The fourth-order valence-electron chi connectivity index (χ4n) is 4.46. The molecule has 0 amide bonds. The molecule has 12 heteroatoms. The summed E-state index contributed by atoms with van der Waals surface area (Å²) in [5.74, 6) is 1.61. The predicted octanol–water partition coefficient (Wildman–Crippen LogP) is 4.83. The molecule has 0 unspecified atom stereocenters. The Bertz CT molecular complexity index is 1490. The summed E-state index contributed by atoms with van der Waals surface area (Å²) in [4.78, 5) is 9.25. The van der Waals surface area contributed by atoms with Crippen molar-refractivity contribution in [3.05, 3.63) is 82.2 Å². The topological polar surface area (TPSA) is 79.3 Å². The van der Waals surface area contributed by atoms with Gasteiger partial charge in [-0.3, -0.25) is 4.57 Å². The van der Waals surface area contributed by atoms with Crippen LogP contribution < -0.4 is 0 Å². The molecule has 2 aliphatic rings. The van der Waals surface area contributed by atoms with E-state index in [0.29, 0.717) is 40.4 Å². The molecule has 36 heavy (non-hydrogen) atoms. The molecule has 0 bridgehead atoms. The number of ether oxygens (including phenoxy) is 2. The SMILES string of the molecule is COCc1nnc2n1Cc1c(C3=N[C@@H](c4ccc(C(F)(F)F)cc4)CO3)ncn1-c1ccc(Cl)cc1-2. The monoisotopic (exact) mass is 514 g/mol. The van der Waals surface area contributed by atoms with Crippen molar-refractivity contribution in [2.75, 3.05) is 13.7 Å². The van der Waals surface area contributed by atoms with E-state index in [1.165, 1.54) is 12.1 Å². The van der Waals surface area contributed by atoms with E-state index in [1.807, 2.05) is 21.3 Å². The third-order valence-electron chi connectivity index (χ3n) is 6.21. The molecule has 0 saturated heterocycles. The zero-order chi connectivity index (χ0) is 25.0. The Kier molecular flexibility index (Phi) is 5.34. The lowest BCUT2D eigenvalue weighted by Crippen LogP contribution is -2.13. The van der Waals surface area contributed by atoms with Crippen LogP contribution in [-0.4, -0.2) is 43.9 Å². The molecule has 0 radical (unpaired) electrons. The van der Waals surface area contributed by atoms with E-state index in [9.17, 15) is 13.2 Å². The smallest absolute Gasteiger partial charge is 0.416 e. The van der Waals surface area contributed by atoms with Gasteiger partial charge in [0, 0.05) is 17.7 Å². The van der Waals surface area contributed by atoms with Crippen LogP contribution in [0.2, 0.25) is 5.02 Å². The Morgan fingerprint density at radius 1 is 1.14 bits per heavy atom. The molecule has 4 aromatic rings. The summed E-state index contributed by atoms with van der Waals surface area (Å²) < 4.78 is 53.9. The molecule has 0 fully saturated rings. The molecule has 0 spiro atoms. The number of alkyl halides is 3. The number of benzene rings is 2. The zero-order valence-electron chi connectivity index (χ0n) is 18.8. The third-order valence-corrected chi connectivity index (χ3v) is 6.45. The van der Waals surface area contributed by atoms with E-state index in [2.05, 4.69) is 20.2 Å². The first-order chi connectivity index (χ1) is 17.3. The van der Waals surface area contributed by atoms with Crippen molar-refractivity contribution in [2.45, 2.75) is 25.4 Å². The number of aliphatic imine (C=N–C) groups is 1. The summed E-state index contributed by atoms with van der Waals surface area (Å²) in [6.45, 7) is 0.835. The average molecular weight is 515 g/mol. The Hall–Kier alpha value is -3.70. The number of methoxy groups -OCH3 is 1. The Balaban J connectivity index is 1.41. The van der Waals surface area contributed by atoms with E-state index >= 15 is 0 Å². The molecule has 6 rings (SSSR count). The van der Waals surface area contributed by atoms with Gasteiger partial charge in [-0.2, -0.15) is 13.2 Å². The number of halogens is 4. The quantitative estimate of drug-likeness (QED) is 0.343. The van der Waals surface area contributed by atoms with Crippen LogP contribution in [0.5, 0.6) is 0 Å². The Morgan fingerprint density at radius 3 is 2.69 bits per heavy atom. The standard InChI is InChI=1S/C24H18ClF3N6O2/c1-35-11-20-31-32-22-16-8-15(25)6-7-18(16)34-12-29-21(19(34)9-33(20)22)23-30-17(10-36-23)13-2-4-14(5-3-13)24(26,27)28/h2-8,12,17H,9-11H2,1H3/t17-/m1/s1. The van der Waals surface area contributed by atoms with Crippen molar-refractivity contribution >= 4 is 17.5 Å². The van der Waals surface area contributed by atoms with Crippen LogP contribution in [0.3, 0.4) is 0 Å². The number of rotatable bonds is 4. The van der Waals surface area contributed by atoms with Gasteiger partial charge in [0.25, 0.3) is 0 Å². The maximum atomic E-state index is 12.9. The Morgan fingerprint density at radius 2 is 1.94 bits per heavy atom. The summed E-state index contributed by atoms with van der Waals surface area (Å²) >= 11 is 6.30. The normalized spacial score (nSPS) is 16.6. The van der Waals surface area contributed by atoms with Gasteiger partial charge in [0.15, 0.2) is 11.6 Å². The number of nitrogens with zero attached hydrogens (tertiary/aromatic N) is 6. The van der Waals surface area contributed by atoms with Gasteiger partial charge in [-0.05, 0) is 35.9 Å². The highest BCUT2D eigenvalue weighted by molar-refractivity contribution is 6.31. The lowest BCUT2D eigenvalue weighted by Gasteiger charge is -2.09. The van der Waals surface area contributed by atoms with Crippen LogP contribution in [-0.2, 0) is 28.8 Å². The van der Waals surface area contributed by atoms with Crippen LogP contribution in [0.1, 0.15) is 34.4 Å². The third kappa shape index (κ3) is 3.75. The van der Waals surface area contributed by atoms with Gasteiger partial charge in [-0.1, -0.05) is 23.7 Å². The van der Waals surface area contributed by atoms with Crippen molar-refractivity contribution in [1.82, 2.24) is 24.3 Å². The van der Waals surface area contributed by atoms with Crippen molar-refractivity contribution in [3.63, 3.8) is 0 Å². The minimum atomic E-state index is -4.39. The molecular formula is C24H18ClF3N6O2. The van der Waals surface area contributed by atoms with E-state index in [1.54, 1.807) is 19.5 Å². The lowest BCUT2D eigenvalue weighted by molar-refractivity contribution is -0.137. The highest BCUT2D eigenvalue weighted by atomic mass is 35.5. The van der Waals surface area contributed by atoms with Crippen LogP contribution in [0, 0.1) is 0 Å². The van der Waals surface area contributed by atoms with E-state index < -0.39 is 17.8 Å². The summed E-state index contributed by atoms with van der Waals surface area (Å²) in [6, 6.07) is 10.0. The fourth-order valence-corrected chi connectivity index (χ4v) is 4.64. The predicted molar refractivity (Wildman–Crippen MR) is 124 cm³/mol. The highest BCUT2D eigenvalue weighted by Gasteiger charge is 2.33. The van der Waals surface area contributed by atoms with Crippen LogP contribution in [0.15, 0.2) is 53.8 Å². The van der Waals surface area contributed by atoms with Crippen molar-refractivity contribution < 1.29 is 22.6 Å². The zero-order valence-corrected chi connectivity index (χ0v) is 19.6. The lowest BCUT2D eigenvalue weighted by atomic mass is 10.1. The number of fused-ring (bicyclic) bond motifs is 5. The summed E-state index contributed by atoms with van der Waals surface area (Å²) in [5.41, 5.74) is 2.87. The molecule has 2 aromatic heterocycles. The maximum Gasteiger partial charge on any atom is 0.416 e. The number of hydrogen-bond donors (Lipinski definition) is 0. The summed E-state index contributed by atoms with van der Waals surface area (Å²) in [5, 5.41) is 9.23. The number of aromatic nitrogens is 5. The van der Waals surface area contributed by atoms with Crippen LogP contribution in [0.25, 0.3) is 17.1 Å². The second kappa shape index (κ2) is 8.45. The van der Waals surface area contributed by atoms with Crippen molar-refractivity contribution in [3.8, 4) is 17.1 Å². The van der Waals surface area contributed by atoms with Gasteiger partial charge in [0.1, 0.15) is 31.3 Å². The highest BCUT2D eigenvalue weighted by Crippen LogP contribution is 2.36. The minimum Gasteiger partial charge on any atom is -0.474 e. The molecule has 2 aliphatic heterocycles. The van der Waals surface area contributed by atoms with Crippen LogP contribution in [0.4, 0.5) is 13.2 Å². The number of imidazole rings is 1. The molecule has 184 valence electrons. The van der Waals surface area contributed by atoms with Gasteiger partial charge in [0.2, 0.25) is 5.90 Å². The largest absolute Gasteiger partial charge is 0.474 e. The minimum absolute atomic E-state index is 0.200. The van der Waals surface area contributed by atoms with E-state index in [-0.39, 0.29) is 13.2 Å². The molecule has 1 atom stereocenters. The molecule has 0 saturated carbocycles. The van der Waals surface area contributed by atoms with Gasteiger partial charge in [-0.25, -0.2) is 9.98 Å². The number of hydrogen-bond acceptors (Lipinski definition) is 6. The van der Waals surface area contributed by atoms with Crippen LogP contribution >= 0.6 is 11.6 Å². The molecule has 0 N–H and O–H groups in total. The summed E-state index contributed by atoms with van der Waals surface area (Å²) in [7, 11) is 1.58. The fraction of sp³-hybridized carbons (Fsp3) is 0.250. The summed E-state index contributed by atoms with van der Waals surface area (Å²) in [6.07, 6.45) is -2.71. The van der Waals surface area contributed by atoms with Gasteiger partial charge in [-0.15, -0.1) is 10.2 Å². The van der Waals surface area contributed by atoms with Gasteiger partial charge >= 0.3 is 6.18 Å². The molecule has 0 aliphatic carbocycles. The van der Waals surface area contributed by atoms with Gasteiger partial charge in [0.05, 0.1) is 23.5 Å². The van der Waals surface area contributed by atoms with Gasteiger partial charge < -0.3 is 14.0 Å². The van der Waals surface area contributed by atoms with E-state index in [0.717, 1.165) is 29.1 Å². The first-order valence-corrected chi connectivity index (χ1v) is 11.4. The first-order valence-electron chi connectivity index (χ1n) is 11.0. The molecule has 2 aromatic carbocycles. The average Bonchev–Trinajstić information content (AvgIpc) is 3.57. The molecule has 4 heterocycles. The molecule has 8 nitrogen and oxygen atoms in total. The second-order valence-electron chi connectivity index (χ2n) is 8.41. The molecular weight excluding hydrogens is 497 g/mol. The van der Waals surface area contributed by atoms with Crippen molar-refractivity contribution in [2.24, 2.45) is 4.99 Å². The second-order valence-corrected chi connectivity index (χ2v) is 8.85. The Labute approximate surface area is 208 Å². The maximum absolute atomic E-state index is 12.9.